The number of halogens is 1. The van der Waals surface area contributed by atoms with Gasteiger partial charge in [0.25, 0.3) is 10.0 Å². The van der Waals surface area contributed by atoms with Gasteiger partial charge in [0.15, 0.2) is 15.1 Å². The van der Waals surface area contributed by atoms with Crippen LogP contribution in [0.2, 0.25) is 5.15 Å². The Hall–Kier alpha value is -0.630. The summed E-state index contributed by atoms with van der Waals surface area (Å²) in [5.41, 5.74) is -0.0454. The molecule has 0 saturated heterocycles. The normalized spacial score (nSPS) is 22.7. The third-order valence-electron chi connectivity index (χ3n) is 4.24. The molecule has 21 heavy (non-hydrogen) atoms. The second kappa shape index (κ2) is 5.22. The molecule has 0 aliphatic heterocycles. The minimum Gasteiger partial charge on any atom is -0.279 e. The molecule has 1 aliphatic rings. The lowest BCUT2D eigenvalue weighted by atomic mass is 9.74. The Labute approximate surface area is 133 Å². The molecule has 1 fully saturated rings. The first-order chi connectivity index (χ1) is 9.81. The molecule has 3 rings (SSSR count). The molecular formula is C13H18ClN3O2S2. The Morgan fingerprint density at radius 1 is 1.48 bits per heavy atom. The molecule has 1 N–H and O–H groups in total. The minimum atomic E-state index is -3.69. The summed E-state index contributed by atoms with van der Waals surface area (Å²) in [6.07, 6.45) is 5.75. The molecule has 1 atom stereocenters. The van der Waals surface area contributed by atoms with Crippen LogP contribution in [0.25, 0.3) is 4.96 Å². The maximum absolute atomic E-state index is 12.7. The molecule has 0 amide bonds. The Kier molecular flexibility index (Phi) is 3.80. The zero-order valence-electron chi connectivity index (χ0n) is 12.0. The van der Waals surface area contributed by atoms with E-state index in [0.717, 1.165) is 25.7 Å². The molecule has 8 heteroatoms. The van der Waals surface area contributed by atoms with Crippen molar-refractivity contribution in [3.63, 3.8) is 0 Å². The van der Waals surface area contributed by atoms with Crippen LogP contribution in [0.3, 0.4) is 0 Å². The lowest BCUT2D eigenvalue weighted by molar-refractivity contribution is 0.188. The predicted molar refractivity (Wildman–Crippen MR) is 84.4 cm³/mol. The number of nitrogens with one attached hydrogen (secondary N) is 1. The van der Waals surface area contributed by atoms with E-state index in [1.54, 1.807) is 11.6 Å². The molecule has 2 aromatic rings. The summed E-state index contributed by atoms with van der Waals surface area (Å²) < 4.78 is 29.8. The van der Waals surface area contributed by atoms with Gasteiger partial charge in [0.05, 0.1) is 0 Å². The molecule has 0 radical (unpaired) electrons. The molecule has 0 spiro atoms. The van der Waals surface area contributed by atoms with Crippen molar-refractivity contribution in [1.29, 1.82) is 0 Å². The van der Waals surface area contributed by atoms with Gasteiger partial charge in [-0.05, 0) is 18.3 Å². The van der Waals surface area contributed by atoms with Crippen LogP contribution in [-0.2, 0) is 10.0 Å². The van der Waals surface area contributed by atoms with Crippen LogP contribution in [0.4, 0.5) is 0 Å². The number of thiazole rings is 1. The molecule has 2 heterocycles. The van der Waals surface area contributed by atoms with Gasteiger partial charge in [-0.25, -0.2) is 18.1 Å². The fraction of sp³-hybridized carbons (Fsp3) is 0.615. The number of rotatable bonds is 3. The van der Waals surface area contributed by atoms with Crippen molar-refractivity contribution in [2.75, 3.05) is 0 Å². The van der Waals surface area contributed by atoms with Crippen molar-refractivity contribution in [1.82, 2.24) is 14.1 Å². The van der Waals surface area contributed by atoms with E-state index >= 15 is 0 Å². The molecule has 0 aromatic carbocycles. The van der Waals surface area contributed by atoms with Crippen LogP contribution >= 0.6 is 22.9 Å². The average molecular weight is 348 g/mol. The molecule has 1 aliphatic carbocycles. The van der Waals surface area contributed by atoms with Gasteiger partial charge in [0.1, 0.15) is 0 Å². The third kappa shape index (κ3) is 2.72. The van der Waals surface area contributed by atoms with Gasteiger partial charge in [-0.2, -0.15) is 0 Å². The predicted octanol–water partition coefficient (Wildman–Crippen LogP) is 3.30. The molecule has 1 unspecified atom stereocenters. The Morgan fingerprint density at radius 2 is 2.24 bits per heavy atom. The van der Waals surface area contributed by atoms with Gasteiger partial charge in [-0.1, -0.05) is 38.3 Å². The highest BCUT2D eigenvalue weighted by molar-refractivity contribution is 7.89. The van der Waals surface area contributed by atoms with Crippen molar-refractivity contribution in [2.45, 2.75) is 50.6 Å². The topological polar surface area (TPSA) is 63.5 Å². The van der Waals surface area contributed by atoms with Gasteiger partial charge in [0.2, 0.25) is 0 Å². The average Bonchev–Trinajstić information content (AvgIpc) is 2.90. The monoisotopic (exact) mass is 347 g/mol. The maximum Gasteiger partial charge on any atom is 0.260 e. The van der Waals surface area contributed by atoms with Gasteiger partial charge in [-0.3, -0.25) is 4.40 Å². The smallest absolute Gasteiger partial charge is 0.260 e. The van der Waals surface area contributed by atoms with Crippen molar-refractivity contribution in [3.8, 4) is 0 Å². The van der Waals surface area contributed by atoms with Crippen molar-refractivity contribution in [2.24, 2.45) is 5.41 Å². The summed E-state index contributed by atoms with van der Waals surface area (Å²) in [4.78, 5) is 4.68. The summed E-state index contributed by atoms with van der Waals surface area (Å²) in [6.45, 7) is 4.22. The first-order valence-electron chi connectivity index (χ1n) is 6.95. The van der Waals surface area contributed by atoms with E-state index in [4.69, 9.17) is 11.6 Å². The van der Waals surface area contributed by atoms with Gasteiger partial charge >= 0.3 is 0 Å². The maximum atomic E-state index is 12.7. The zero-order valence-corrected chi connectivity index (χ0v) is 14.4. The Bertz CT molecular complexity index is 764. The van der Waals surface area contributed by atoms with E-state index in [0.29, 0.717) is 4.96 Å². The fourth-order valence-corrected chi connectivity index (χ4v) is 5.83. The first-order valence-corrected chi connectivity index (χ1v) is 9.69. The second-order valence-electron chi connectivity index (χ2n) is 6.17. The number of hydrogen-bond acceptors (Lipinski definition) is 4. The van der Waals surface area contributed by atoms with E-state index in [9.17, 15) is 8.42 Å². The summed E-state index contributed by atoms with van der Waals surface area (Å²) in [6, 6.07) is -0.0727. The summed E-state index contributed by atoms with van der Waals surface area (Å²) >= 11 is 7.40. The fourth-order valence-electron chi connectivity index (χ4n) is 2.93. The molecular weight excluding hydrogens is 330 g/mol. The van der Waals surface area contributed by atoms with Gasteiger partial charge < -0.3 is 0 Å². The number of fused-ring (bicyclic) bond motifs is 1. The Morgan fingerprint density at radius 3 is 2.95 bits per heavy atom. The largest absolute Gasteiger partial charge is 0.279 e. The number of hydrogen-bond donors (Lipinski definition) is 1. The third-order valence-corrected chi connectivity index (χ3v) is 6.86. The molecule has 2 aromatic heterocycles. The minimum absolute atomic E-state index is 0.0305. The summed E-state index contributed by atoms with van der Waals surface area (Å²) in [7, 11) is -3.69. The van der Waals surface area contributed by atoms with E-state index < -0.39 is 10.0 Å². The first kappa shape index (κ1) is 15.3. The van der Waals surface area contributed by atoms with E-state index in [2.05, 4.69) is 23.6 Å². The van der Waals surface area contributed by atoms with E-state index in [1.165, 1.54) is 15.7 Å². The van der Waals surface area contributed by atoms with Crippen molar-refractivity contribution in [3.05, 3.63) is 16.7 Å². The SMILES string of the molecule is CC1(C)CCCCC1NS(=O)(=O)c1c(Cl)nc2sccn12. The van der Waals surface area contributed by atoms with Gasteiger partial charge in [0, 0.05) is 17.6 Å². The number of aromatic nitrogens is 2. The van der Waals surface area contributed by atoms with Crippen LogP contribution in [-0.4, -0.2) is 23.8 Å². The molecule has 5 nitrogen and oxygen atoms in total. The van der Waals surface area contributed by atoms with Crippen LogP contribution < -0.4 is 4.72 Å². The summed E-state index contributed by atoms with van der Waals surface area (Å²) in [5.74, 6) is 0. The second-order valence-corrected chi connectivity index (χ2v) is 9.03. The molecule has 0 bridgehead atoms. The van der Waals surface area contributed by atoms with Crippen LogP contribution in [0.5, 0.6) is 0 Å². The quantitative estimate of drug-likeness (QED) is 0.926. The van der Waals surface area contributed by atoms with E-state index in [-0.39, 0.29) is 21.6 Å². The zero-order chi connectivity index (χ0) is 15.3. The van der Waals surface area contributed by atoms with Crippen LogP contribution in [0.1, 0.15) is 39.5 Å². The van der Waals surface area contributed by atoms with Crippen LogP contribution in [0.15, 0.2) is 16.6 Å². The highest BCUT2D eigenvalue weighted by atomic mass is 35.5. The van der Waals surface area contributed by atoms with E-state index in [1.807, 2.05) is 0 Å². The highest BCUT2D eigenvalue weighted by Gasteiger charge is 2.37. The molecule has 1 saturated carbocycles. The number of imidazole rings is 1. The lowest BCUT2D eigenvalue weighted by Gasteiger charge is -2.38. The Balaban J connectivity index is 1.97. The standard InChI is InChI=1S/C13H18ClN3O2S2/c1-13(2)6-4-3-5-9(13)16-21(18,19)11-10(14)15-12-17(11)7-8-20-12/h7-9,16H,3-6H2,1-2H3. The summed E-state index contributed by atoms with van der Waals surface area (Å²) in [5, 5.41) is 1.87. The van der Waals surface area contributed by atoms with Gasteiger partial charge in [-0.15, -0.1) is 11.3 Å². The number of sulfonamides is 1. The lowest BCUT2D eigenvalue weighted by Crippen LogP contribution is -2.46. The van der Waals surface area contributed by atoms with Crippen molar-refractivity contribution >= 4 is 37.9 Å². The van der Waals surface area contributed by atoms with Crippen molar-refractivity contribution < 1.29 is 8.42 Å². The highest BCUT2D eigenvalue weighted by Crippen LogP contribution is 2.36. The van der Waals surface area contributed by atoms with Crippen LogP contribution in [0, 0.1) is 5.41 Å². The molecule has 116 valence electrons. The number of nitrogens with zero attached hydrogens (tertiary/aromatic N) is 2.